The standard InChI is InChI=1S/C13H14Br2N4/c1-3-16-13-17-7-11(15)12(19-13)18-10-5-8(2)4-9(14)6-10/h4-7H,3H2,1-2H3,(H2,16,17,18,19). The Kier molecular flexibility index (Phi) is 4.76. The molecule has 2 aromatic rings. The van der Waals surface area contributed by atoms with Gasteiger partial charge < -0.3 is 10.6 Å². The fraction of sp³-hybridized carbons (Fsp3) is 0.231. The van der Waals surface area contributed by atoms with Crippen LogP contribution < -0.4 is 10.6 Å². The third-order valence-electron chi connectivity index (χ3n) is 2.38. The van der Waals surface area contributed by atoms with Crippen molar-refractivity contribution in [3.05, 3.63) is 38.9 Å². The van der Waals surface area contributed by atoms with Crippen LogP contribution in [0, 0.1) is 6.92 Å². The van der Waals surface area contributed by atoms with Crippen LogP contribution in [-0.4, -0.2) is 16.5 Å². The van der Waals surface area contributed by atoms with Gasteiger partial charge in [0, 0.05) is 22.9 Å². The third-order valence-corrected chi connectivity index (χ3v) is 3.42. The normalized spacial score (nSPS) is 10.3. The first-order chi connectivity index (χ1) is 9.08. The molecule has 4 nitrogen and oxygen atoms in total. The molecule has 0 aliphatic heterocycles. The average molecular weight is 386 g/mol. The van der Waals surface area contributed by atoms with Crippen LogP contribution in [0.4, 0.5) is 17.5 Å². The number of aromatic nitrogens is 2. The molecule has 19 heavy (non-hydrogen) atoms. The molecule has 100 valence electrons. The number of hydrogen-bond acceptors (Lipinski definition) is 4. The summed E-state index contributed by atoms with van der Waals surface area (Å²) in [6, 6.07) is 6.13. The summed E-state index contributed by atoms with van der Waals surface area (Å²) in [5, 5.41) is 6.38. The molecule has 0 aliphatic carbocycles. The minimum Gasteiger partial charge on any atom is -0.354 e. The molecule has 0 saturated carbocycles. The minimum absolute atomic E-state index is 0.611. The Balaban J connectivity index is 2.28. The van der Waals surface area contributed by atoms with E-state index in [1.165, 1.54) is 5.56 Å². The lowest BCUT2D eigenvalue weighted by atomic mass is 10.2. The Labute approximate surface area is 129 Å². The quantitative estimate of drug-likeness (QED) is 0.814. The molecule has 2 rings (SSSR count). The van der Waals surface area contributed by atoms with E-state index >= 15 is 0 Å². The van der Waals surface area contributed by atoms with Gasteiger partial charge in [-0.1, -0.05) is 15.9 Å². The zero-order valence-corrected chi connectivity index (χ0v) is 13.8. The van der Waals surface area contributed by atoms with Crippen LogP contribution in [-0.2, 0) is 0 Å². The topological polar surface area (TPSA) is 49.8 Å². The van der Waals surface area contributed by atoms with Gasteiger partial charge in [0.25, 0.3) is 0 Å². The maximum absolute atomic E-state index is 4.42. The van der Waals surface area contributed by atoms with Crippen molar-refractivity contribution in [1.29, 1.82) is 0 Å². The van der Waals surface area contributed by atoms with Crippen LogP contribution in [0.25, 0.3) is 0 Å². The smallest absolute Gasteiger partial charge is 0.224 e. The second-order valence-corrected chi connectivity index (χ2v) is 5.83. The summed E-state index contributed by atoms with van der Waals surface area (Å²) in [5.74, 6) is 1.35. The molecule has 0 atom stereocenters. The second kappa shape index (κ2) is 6.34. The van der Waals surface area contributed by atoms with Crippen LogP contribution in [0.3, 0.4) is 0 Å². The van der Waals surface area contributed by atoms with Crippen LogP contribution >= 0.6 is 31.9 Å². The molecule has 0 bridgehead atoms. The fourth-order valence-electron chi connectivity index (χ4n) is 1.64. The number of benzene rings is 1. The number of aryl methyl sites for hydroxylation is 1. The maximum atomic E-state index is 4.42. The van der Waals surface area contributed by atoms with Crippen molar-refractivity contribution < 1.29 is 0 Å². The summed E-state index contributed by atoms with van der Waals surface area (Å²) in [6.07, 6.45) is 1.73. The molecule has 1 heterocycles. The van der Waals surface area contributed by atoms with Gasteiger partial charge >= 0.3 is 0 Å². The Morgan fingerprint density at radius 1 is 1.21 bits per heavy atom. The van der Waals surface area contributed by atoms with Crippen molar-refractivity contribution in [3.8, 4) is 0 Å². The minimum atomic E-state index is 0.611. The van der Waals surface area contributed by atoms with E-state index in [1.807, 2.05) is 13.0 Å². The first-order valence-corrected chi connectivity index (χ1v) is 7.47. The van der Waals surface area contributed by atoms with Crippen LogP contribution in [0.2, 0.25) is 0 Å². The summed E-state index contributed by atoms with van der Waals surface area (Å²) in [5.41, 5.74) is 2.16. The summed E-state index contributed by atoms with van der Waals surface area (Å²) in [6.45, 7) is 4.85. The summed E-state index contributed by atoms with van der Waals surface area (Å²) in [4.78, 5) is 8.61. The molecule has 0 amide bonds. The van der Waals surface area contributed by atoms with Gasteiger partial charge in [-0.2, -0.15) is 4.98 Å². The number of halogens is 2. The van der Waals surface area contributed by atoms with Crippen molar-refractivity contribution in [1.82, 2.24) is 9.97 Å². The first kappa shape index (κ1) is 14.3. The predicted molar refractivity (Wildman–Crippen MR) is 86.1 cm³/mol. The molecule has 0 unspecified atom stereocenters. The highest BCUT2D eigenvalue weighted by molar-refractivity contribution is 9.10. The molecule has 1 aromatic heterocycles. The molecular weight excluding hydrogens is 372 g/mol. The lowest BCUT2D eigenvalue weighted by Crippen LogP contribution is -2.04. The average Bonchev–Trinajstić information content (AvgIpc) is 2.32. The van der Waals surface area contributed by atoms with Gasteiger partial charge in [0.15, 0.2) is 0 Å². The molecular formula is C13H14Br2N4. The monoisotopic (exact) mass is 384 g/mol. The number of nitrogens with zero attached hydrogens (tertiary/aromatic N) is 2. The van der Waals surface area contributed by atoms with Crippen molar-refractivity contribution in [2.45, 2.75) is 13.8 Å². The molecule has 2 N–H and O–H groups in total. The van der Waals surface area contributed by atoms with Crippen molar-refractivity contribution in [2.75, 3.05) is 17.2 Å². The van der Waals surface area contributed by atoms with Gasteiger partial charge in [0.05, 0.1) is 4.47 Å². The van der Waals surface area contributed by atoms with Crippen molar-refractivity contribution in [3.63, 3.8) is 0 Å². The van der Waals surface area contributed by atoms with Crippen LogP contribution in [0.5, 0.6) is 0 Å². The largest absolute Gasteiger partial charge is 0.354 e. The highest BCUT2D eigenvalue weighted by Crippen LogP contribution is 2.26. The Hall–Kier alpha value is -1.14. The van der Waals surface area contributed by atoms with E-state index < -0.39 is 0 Å². The molecule has 1 aromatic carbocycles. The Morgan fingerprint density at radius 3 is 2.68 bits per heavy atom. The summed E-state index contributed by atoms with van der Waals surface area (Å²) >= 11 is 6.94. The van der Waals surface area contributed by atoms with Gasteiger partial charge in [-0.25, -0.2) is 4.98 Å². The lowest BCUT2D eigenvalue weighted by Gasteiger charge is -2.10. The lowest BCUT2D eigenvalue weighted by molar-refractivity contribution is 1.08. The van der Waals surface area contributed by atoms with E-state index in [2.05, 4.69) is 71.5 Å². The molecule has 6 heteroatoms. The number of rotatable bonds is 4. The van der Waals surface area contributed by atoms with E-state index in [0.29, 0.717) is 5.95 Å². The molecule has 0 saturated heterocycles. The number of nitrogens with one attached hydrogen (secondary N) is 2. The third kappa shape index (κ3) is 3.91. The van der Waals surface area contributed by atoms with Crippen LogP contribution in [0.15, 0.2) is 33.3 Å². The zero-order valence-electron chi connectivity index (χ0n) is 10.7. The molecule has 0 radical (unpaired) electrons. The maximum Gasteiger partial charge on any atom is 0.224 e. The van der Waals surface area contributed by atoms with Gasteiger partial charge in [-0.05, 0) is 53.5 Å². The van der Waals surface area contributed by atoms with Crippen molar-refractivity contribution in [2.24, 2.45) is 0 Å². The van der Waals surface area contributed by atoms with E-state index in [4.69, 9.17) is 0 Å². The van der Waals surface area contributed by atoms with E-state index in [1.54, 1.807) is 6.20 Å². The predicted octanol–water partition coefficient (Wildman–Crippen LogP) is 4.49. The van der Waals surface area contributed by atoms with E-state index in [9.17, 15) is 0 Å². The van der Waals surface area contributed by atoms with Crippen molar-refractivity contribution >= 4 is 49.3 Å². The highest BCUT2D eigenvalue weighted by Gasteiger charge is 2.06. The molecule has 0 spiro atoms. The van der Waals surface area contributed by atoms with Gasteiger partial charge in [-0.15, -0.1) is 0 Å². The molecule has 0 aliphatic rings. The van der Waals surface area contributed by atoms with Gasteiger partial charge in [0.2, 0.25) is 5.95 Å². The highest BCUT2D eigenvalue weighted by atomic mass is 79.9. The molecule has 0 fully saturated rings. The number of hydrogen-bond donors (Lipinski definition) is 2. The Morgan fingerprint density at radius 2 is 2.00 bits per heavy atom. The van der Waals surface area contributed by atoms with E-state index in [-0.39, 0.29) is 0 Å². The summed E-state index contributed by atoms with van der Waals surface area (Å²) < 4.78 is 1.86. The van der Waals surface area contributed by atoms with Gasteiger partial charge in [0.1, 0.15) is 5.82 Å². The summed E-state index contributed by atoms with van der Waals surface area (Å²) in [7, 11) is 0. The SMILES string of the molecule is CCNc1ncc(Br)c(Nc2cc(C)cc(Br)c2)n1. The van der Waals surface area contributed by atoms with Gasteiger partial charge in [-0.3, -0.25) is 0 Å². The Bertz CT molecular complexity index is 567. The van der Waals surface area contributed by atoms with Crippen LogP contribution in [0.1, 0.15) is 12.5 Å². The first-order valence-electron chi connectivity index (χ1n) is 5.89. The van der Waals surface area contributed by atoms with E-state index in [0.717, 1.165) is 27.0 Å². The second-order valence-electron chi connectivity index (χ2n) is 4.06. The number of anilines is 3. The fourth-order valence-corrected chi connectivity index (χ4v) is 2.54. The zero-order chi connectivity index (χ0) is 13.8.